The van der Waals surface area contributed by atoms with Crippen molar-refractivity contribution in [1.82, 2.24) is 20.3 Å². The number of hydrogen-bond acceptors (Lipinski definition) is 6. The molecule has 0 atom stereocenters. The largest absolute Gasteiger partial charge is 0.366 e. The first-order valence-electron chi connectivity index (χ1n) is 10.3. The Labute approximate surface area is 180 Å². The minimum absolute atomic E-state index is 0.446. The normalized spacial score (nSPS) is 14.0. The third kappa shape index (κ3) is 3.83. The molecule has 31 heavy (non-hydrogen) atoms. The lowest BCUT2D eigenvalue weighted by Gasteiger charge is -2.28. The Morgan fingerprint density at radius 2 is 1.61 bits per heavy atom. The van der Waals surface area contributed by atoms with Gasteiger partial charge in [-0.15, -0.1) is 0 Å². The number of piperazine rings is 1. The Morgan fingerprint density at radius 3 is 2.32 bits per heavy atom. The quantitative estimate of drug-likeness (QED) is 0.537. The molecule has 1 fully saturated rings. The van der Waals surface area contributed by atoms with Gasteiger partial charge in [-0.2, -0.15) is 0 Å². The fourth-order valence-electron chi connectivity index (χ4n) is 3.90. The van der Waals surface area contributed by atoms with Crippen LogP contribution in [-0.4, -0.2) is 47.0 Å². The lowest BCUT2D eigenvalue weighted by molar-refractivity contribution is 0.100. The van der Waals surface area contributed by atoms with Crippen molar-refractivity contribution in [3.05, 3.63) is 72.7 Å². The predicted molar refractivity (Wildman–Crippen MR) is 122 cm³/mol. The second-order valence-electron chi connectivity index (χ2n) is 7.54. The van der Waals surface area contributed by atoms with Crippen LogP contribution in [0.25, 0.3) is 33.3 Å². The van der Waals surface area contributed by atoms with Gasteiger partial charge in [0.25, 0.3) is 0 Å². The number of primary amides is 1. The van der Waals surface area contributed by atoms with Crippen LogP contribution < -0.4 is 16.0 Å². The zero-order valence-electron chi connectivity index (χ0n) is 17.0. The maximum atomic E-state index is 11.4. The molecule has 3 N–H and O–H groups in total. The number of nitrogens with one attached hydrogen (secondary N) is 1. The molecule has 0 bridgehead atoms. The molecule has 0 unspecified atom stereocenters. The second kappa shape index (κ2) is 8.12. The standard InChI is InChI=1S/C24H22N6O/c25-24(31)17-3-1-16(2-4-17)23-20-13-18(5-7-21(20)28-15-29-23)19-6-8-22(27-14-19)30-11-9-26-10-12-30/h1-8,13-15,26H,9-12H2,(H2,25,31). The van der Waals surface area contributed by atoms with E-state index in [1.165, 1.54) is 0 Å². The fraction of sp³-hybridized carbons (Fsp3) is 0.167. The van der Waals surface area contributed by atoms with E-state index in [2.05, 4.69) is 49.4 Å². The zero-order chi connectivity index (χ0) is 21.2. The van der Waals surface area contributed by atoms with Crippen LogP contribution >= 0.6 is 0 Å². The average Bonchev–Trinajstić information content (AvgIpc) is 2.84. The number of aromatic nitrogens is 3. The van der Waals surface area contributed by atoms with Crippen LogP contribution in [0.3, 0.4) is 0 Å². The molecule has 0 aliphatic carbocycles. The van der Waals surface area contributed by atoms with Crippen molar-refractivity contribution < 1.29 is 4.79 Å². The van der Waals surface area contributed by atoms with Crippen LogP contribution in [0.4, 0.5) is 5.82 Å². The van der Waals surface area contributed by atoms with Crippen LogP contribution in [0.2, 0.25) is 0 Å². The molecule has 3 heterocycles. The van der Waals surface area contributed by atoms with Crippen LogP contribution in [0, 0.1) is 0 Å². The molecule has 0 radical (unpaired) electrons. The van der Waals surface area contributed by atoms with Crippen LogP contribution in [0.15, 0.2) is 67.1 Å². The molecule has 1 aliphatic heterocycles. The van der Waals surface area contributed by atoms with E-state index in [4.69, 9.17) is 5.73 Å². The van der Waals surface area contributed by atoms with E-state index in [0.29, 0.717) is 5.56 Å². The number of fused-ring (bicyclic) bond motifs is 1. The molecule has 1 aliphatic rings. The Kier molecular flexibility index (Phi) is 5.01. The lowest BCUT2D eigenvalue weighted by Crippen LogP contribution is -2.43. The summed E-state index contributed by atoms with van der Waals surface area (Å²) in [4.78, 5) is 27.3. The van der Waals surface area contributed by atoms with Crippen molar-refractivity contribution in [3.63, 3.8) is 0 Å². The number of hydrogen-bond donors (Lipinski definition) is 2. The molecule has 0 saturated carbocycles. The Morgan fingerprint density at radius 1 is 0.871 bits per heavy atom. The van der Waals surface area contributed by atoms with Gasteiger partial charge in [-0.1, -0.05) is 18.2 Å². The van der Waals surface area contributed by atoms with Gasteiger partial charge < -0.3 is 16.0 Å². The van der Waals surface area contributed by atoms with Crippen molar-refractivity contribution in [2.45, 2.75) is 0 Å². The van der Waals surface area contributed by atoms with Gasteiger partial charge in [-0.05, 0) is 42.0 Å². The summed E-state index contributed by atoms with van der Waals surface area (Å²) in [5.41, 5.74) is 10.5. The van der Waals surface area contributed by atoms with E-state index < -0.39 is 5.91 Å². The Bertz CT molecular complexity index is 1230. The fourth-order valence-corrected chi connectivity index (χ4v) is 3.90. The maximum Gasteiger partial charge on any atom is 0.248 e. The number of anilines is 1. The second-order valence-corrected chi connectivity index (χ2v) is 7.54. The van der Waals surface area contributed by atoms with E-state index in [0.717, 1.165) is 65.3 Å². The summed E-state index contributed by atoms with van der Waals surface area (Å²) < 4.78 is 0. The first-order valence-corrected chi connectivity index (χ1v) is 10.3. The molecular formula is C24H22N6O. The minimum Gasteiger partial charge on any atom is -0.366 e. The molecule has 4 aromatic rings. The monoisotopic (exact) mass is 410 g/mol. The third-order valence-corrected chi connectivity index (χ3v) is 5.60. The van der Waals surface area contributed by atoms with Crippen molar-refractivity contribution in [2.24, 2.45) is 5.73 Å². The first-order chi connectivity index (χ1) is 15.2. The molecule has 1 amide bonds. The summed E-state index contributed by atoms with van der Waals surface area (Å²) in [7, 11) is 0. The number of nitrogens with two attached hydrogens (primary N) is 1. The molecule has 1 saturated heterocycles. The van der Waals surface area contributed by atoms with Gasteiger partial charge in [0.1, 0.15) is 12.1 Å². The van der Waals surface area contributed by atoms with Crippen molar-refractivity contribution in [1.29, 1.82) is 0 Å². The van der Waals surface area contributed by atoms with E-state index in [1.54, 1.807) is 18.5 Å². The number of nitrogens with zero attached hydrogens (tertiary/aromatic N) is 4. The molecule has 7 heteroatoms. The summed E-state index contributed by atoms with van der Waals surface area (Å²) in [5.74, 6) is 0.558. The number of rotatable bonds is 4. The smallest absolute Gasteiger partial charge is 0.248 e. The zero-order valence-corrected chi connectivity index (χ0v) is 17.0. The topological polar surface area (TPSA) is 97.0 Å². The van der Waals surface area contributed by atoms with Gasteiger partial charge in [-0.3, -0.25) is 4.79 Å². The molecule has 2 aromatic heterocycles. The molecular weight excluding hydrogens is 388 g/mol. The van der Waals surface area contributed by atoms with E-state index in [9.17, 15) is 4.79 Å². The molecule has 2 aromatic carbocycles. The maximum absolute atomic E-state index is 11.4. The van der Waals surface area contributed by atoms with Gasteiger partial charge in [0.2, 0.25) is 5.91 Å². The third-order valence-electron chi connectivity index (χ3n) is 5.60. The summed E-state index contributed by atoms with van der Waals surface area (Å²) in [5, 5.41) is 4.30. The average molecular weight is 410 g/mol. The number of pyridine rings is 1. The van der Waals surface area contributed by atoms with Crippen molar-refractivity contribution in [3.8, 4) is 22.4 Å². The van der Waals surface area contributed by atoms with Crippen LogP contribution in [-0.2, 0) is 0 Å². The number of carbonyl (C=O) groups excluding carboxylic acids is 1. The number of benzene rings is 2. The molecule has 154 valence electrons. The highest BCUT2D eigenvalue weighted by Gasteiger charge is 2.13. The van der Waals surface area contributed by atoms with Gasteiger partial charge >= 0.3 is 0 Å². The first kappa shape index (κ1) is 19.1. The van der Waals surface area contributed by atoms with Crippen molar-refractivity contribution in [2.75, 3.05) is 31.1 Å². The predicted octanol–water partition coefficient (Wildman–Crippen LogP) is 2.87. The highest BCUT2D eigenvalue weighted by Crippen LogP contribution is 2.30. The summed E-state index contributed by atoms with van der Waals surface area (Å²) in [6, 6.07) is 17.5. The Hall–Kier alpha value is -3.84. The number of carbonyl (C=O) groups is 1. The molecule has 7 nitrogen and oxygen atoms in total. The van der Waals surface area contributed by atoms with Gasteiger partial charge in [0.15, 0.2) is 0 Å². The minimum atomic E-state index is -0.446. The lowest BCUT2D eigenvalue weighted by atomic mass is 10.0. The van der Waals surface area contributed by atoms with E-state index in [1.807, 2.05) is 24.4 Å². The summed E-state index contributed by atoms with van der Waals surface area (Å²) in [6.45, 7) is 3.91. The SMILES string of the molecule is NC(=O)c1ccc(-c2ncnc3ccc(-c4ccc(N5CCNCC5)nc4)cc23)cc1. The number of amides is 1. The van der Waals surface area contributed by atoms with Gasteiger partial charge in [0, 0.05) is 54.5 Å². The van der Waals surface area contributed by atoms with Crippen molar-refractivity contribution >= 4 is 22.6 Å². The van der Waals surface area contributed by atoms with E-state index >= 15 is 0 Å². The summed E-state index contributed by atoms with van der Waals surface area (Å²) >= 11 is 0. The Balaban J connectivity index is 1.50. The molecule has 5 rings (SSSR count). The van der Waals surface area contributed by atoms with E-state index in [-0.39, 0.29) is 0 Å². The highest BCUT2D eigenvalue weighted by molar-refractivity contribution is 5.96. The van der Waals surface area contributed by atoms with Crippen LogP contribution in [0.5, 0.6) is 0 Å². The van der Waals surface area contributed by atoms with Gasteiger partial charge in [0.05, 0.1) is 11.2 Å². The highest BCUT2D eigenvalue weighted by atomic mass is 16.1. The van der Waals surface area contributed by atoms with Crippen LogP contribution in [0.1, 0.15) is 10.4 Å². The van der Waals surface area contributed by atoms with Gasteiger partial charge in [-0.25, -0.2) is 15.0 Å². The summed E-state index contributed by atoms with van der Waals surface area (Å²) in [6.07, 6.45) is 3.48. The molecule has 0 spiro atoms.